The summed E-state index contributed by atoms with van der Waals surface area (Å²) in [6.07, 6.45) is 2.71. The van der Waals surface area contributed by atoms with Crippen LogP contribution in [0, 0.1) is 10.1 Å². The molecule has 0 spiro atoms. The van der Waals surface area contributed by atoms with E-state index < -0.39 is 10.8 Å². The van der Waals surface area contributed by atoms with Crippen molar-refractivity contribution in [2.24, 2.45) is 5.10 Å². The van der Waals surface area contributed by atoms with Crippen LogP contribution >= 0.6 is 0 Å². The molecule has 0 unspecified atom stereocenters. The standard InChI is InChI=1S/C13H10N4O3/c18-13(11-6-3-4-8-14-11)16-15-9-10-5-1-2-7-12(10)17(19)20/h1-9H,(H,16,18)/b15-9-. The van der Waals surface area contributed by atoms with Gasteiger partial charge in [-0.05, 0) is 18.2 Å². The number of hydrogen-bond acceptors (Lipinski definition) is 5. The Bertz CT molecular complexity index is 656. The largest absolute Gasteiger partial charge is 0.289 e. The molecule has 0 fully saturated rings. The van der Waals surface area contributed by atoms with E-state index in [1.807, 2.05) is 0 Å². The molecule has 7 heteroatoms. The van der Waals surface area contributed by atoms with E-state index in [2.05, 4.69) is 15.5 Å². The van der Waals surface area contributed by atoms with Crippen molar-refractivity contribution in [1.29, 1.82) is 0 Å². The Morgan fingerprint density at radius 2 is 2.00 bits per heavy atom. The summed E-state index contributed by atoms with van der Waals surface area (Å²) in [5.41, 5.74) is 2.70. The second-order valence-corrected chi connectivity index (χ2v) is 3.73. The zero-order valence-corrected chi connectivity index (χ0v) is 10.3. The van der Waals surface area contributed by atoms with Crippen molar-refractivity contribution >= 4 is 17.8 Å². The van der Waals surface area contributed by atoms with Crippen LogP contribution in [-0.4, -0.2) is 22.0 Å². The molecular formula is C13H10N4O3. The molecule has 0 bridgehead atoms. The maximum absolute atomic E-state index is 11.6. The molecule has 7 nitrogen and oxygen atoms in total. The second-order valence-electron chi connectivity index (χ2n) is 3.73. The lowest BCUT2D eigenvalue weighted by Crippen LogP contribution is -2.18. The van der Waals surface area contributed by atoms with Gasteiger partial charge in [-0.25, -0.2) is 5.43 Å². The van der Waals surface area contributed by atoms with Crippen LogP contribution in [0.25, 0.3) is 0 Å². The highest BCUT2D eigenvalue weighted by Gasteiger charge is 2.10. The molecule has 1 heterocycles. The van der Waals surface area contributed by atoms with E-state index in [1.54, 1.807) is 24.3 Å². The number of carbonyl (C=O) groups is 1. The summed E-state index contributed by atoms with van der Waals surface area (Å²) in [5, 5.41) is 14.5. The van der Waals surface area contributed by atoms with Crippen molar-refractivity contribution in [1.82, 2.24) is 10.4 Å². The summed E-state index contributed by atoms with van der Waals surface area (Å²) in [4.78, 5) is 25.8. The topological polar surface area (TPSA) is 97.5 Å². The average Bonchev–Trinajstić information content (AvgIpc) is 2.48. The average molecular weight is 270 g/mol. The number of nitro groups is 1. The Morgan fingerprint density at radius 1 is 1.25 bits per heavy atom. The summed E-state index contributed by atoms with van der Waals surface area (Å²) in [7, 11) is 0. The van der Waals surface area contributed by atoms with Gasteiger partial charge in [-0.1, -0.05) is 18.2 Å². The molecular weight excluding hydrogens is 260 g/mol. The van der Waals surface area contributed by atoms with Crippen LogP contribution in [-0.2, 0) is 0 Å². The molecule has 2 aromatic rings. The fourth-order valence-corrected chi connectivity index (χ4v) is 1.48. The number of aromatic nitrogens is 1. The van der Waals surface area contributed by atoms with Gasteiger partial charge in [0.05, 0.1) is 16.7 Å². The number of hydrazone groups is 1. The lowest BCUT2D eigenvalue weighted by Gasteiger charge is -1.98. The fourth-order valence-electron chi connectivity index (χ4n) is 1.48. The third kappa shape index (κ3) is 3.22. The van der Waals surface area contributed by atoms with E-state index in [-0.39, 0.29) is 11.4 Å². The highest BCUT2D eigenvalue weighted by molar-refractivity contribution is 5.93. The Hall–Kier alpha value is -3.09. The summed E-state index contributed by atoms with van der Waals surface area (Å²) in [5.74, 6) is -0.486. The summed E-state index contributed by atoms with van der Waals surface area (Å²) >= 11 is 0. The number of rotatable bonds is 4. The van der Waals surface area contributed by atoms with Gasteiger partial charge in [0.2, 0.25) is 0 Å². The number of pyridine rings is 1. The van der Waals surface area contributed by atoms with E-state index >= 15 is 0 Å². The Morgan fingerprint density at radius 3 is 2.70 bits per heavy atom. The highest BCUT2D eigenvalue weighted by atomic mass is 16.6. The lowest BCUT2D eigenvalue weighted by molar-refractivity contribution is -0.385. The van der Waals surface area contributed by atoms with E-state index in [1.165, 1.54) is 30.6 Å². The summed E-state index contributed by atoms with van der Waals surface area (Å²) < 4.78 is 0. The van der Waals surface area contributed by atoms with Gasteiger partial charge < -0.3 is 0 Å². The minimum Gasteiger partial charge on any atom is -0.266 e. The number of benzene rings is 1. The number of nitrogens with one attached hydrogen (secondary N) is 1. The smallest absolute Gasteiger partial charge is 0.266 e. The van der Waals surface area contributed by atoms with Crippen molar-refractivity contribution in [3.63, 3.8) is 0 Å². The molecule has 1 N–H and O–H groups in total. The van der Waals surface area contributed by atoms with Gasteiger partial charge in [0.1, 0.15) is 5.69 Å². The van der Waals surface area contributed by atoms with Crippen LogP contribution in [0.2, 0.25) is 0 Å². The Balaban J connectivity index is 2.08. The first-order chi connectivity index (χ1) is 9.68. The molecule has 0 saturated carbocycles. The number of carbonyl (C=O) groups excluding carboxylic acids is 1. The van der Waals surface area contributed by atoms with Crippen molar-refractivity contribution in [3.05, 3.63) is 70.0 Å². The van der Waals surface area contributed by atoms with Gasteiger partial charge in [0, 0.05) is 12.3 Å². The third-order valence-electron chi connectivity index (χ3n) is 2.40. The number of amides is 1. The van der Waals surface area contributed by atoms with Gasteiger partial charge in [-0.2, -0.15) is 5.10 Å². The molecule has 0 aliphatic heterocycles. The maximum Gasteiger partial charge on any atom is 0.289 e. The normalized spacial score (nSPS) is 10.4. The predicted octanol–water partition coefficient (Wildman–Crippen LogP) is 1.75. The molecule has 2 rings (SSSR count). The van der Waals surface area contributed by atoms with E-state index in [0.29, 0.717) is 5.56 Å². The number of nitro benzene ring substituents is 1. The zero-order chi connectivity index (χ0) is 14.4. The van der Waals surface area contributed by atoms with Crippen molar-refractivity contribution in [3.8, 4) is 0 Å². The monoisotopic (exact) mass is 270 g/mol. The van der Waals surface area contributed by atoms with E-state index in [4.69, 9.17) is 0 Å². The first kappa shape index (κ1) is 13.3. The van der Waals surface area contributed by atoms with Crippen molar-refractivity contribution < 1.29 is 9.72 Å². The van der Waals surface area contributed by atoms with Gasteiger partial charge >= 0.3 is 0 Å². The molecule has 20 heavy (non-hydrogen) atoms. The van der Waals surface area contributed by atoms with Gasteiger partial charge in [0.15, 0.2) is 0 Å². The molecule has 0 atom stereocenters. The summed E-state index contributed by atoms with van der Waals surface area (Å²) in [6, 6.07) is 11.0. The van der Waals surface area contributed by atoms with E-state index in [9.17, 15) is 14.9 Å². The van der Waals surface area contributed by atoms with Gasteiger partial charge in [-0.15, -0.1) is 0 Å². The number of nitrogens with zero attached hydrogens (tertiary/aromatic N) is 3. The molecule has 0 aliphatic rings. The minimum atomic E-state index is -0.512. The molecule has 0 aliphatic carbocycles. The van der Waals surface area contributed by atoms with Gasteiger partial charge in [-0.3, -0.25) is 19.9 Å². The Labute approximate surface area is 114 Å². The van der Waals surface area contributed by atoms with Gasteiger partial charge in [0.25, 0.3) is 11.6 Å². The predicted molar refractivity (Wildman–Crippen MR) is 72.4 cm³/mol. The van der Waals surface area contributed by atoms with Crippen molar-refractivity contribution in [2.75, 3.05) is 0 Å². The van der Waals surface area contributed by atoms with Crippen LogP contribution < -0.4 is 5.43 Å². The molecule has 1 aromatic heterocycles. The van der Waals surface area contributed by atoms with Crippen LogP contribution in [0.15, 0.2) is 53.8 Å². The highest BCUT2D eigenvalue weighted by Crippen LogP contribution is 2.14. The molecule has 1 amide bonds. The van der Waals surface area contributed by atoms with Crippen LogP contribution in [0.4, 0.5) is 5.69 Å². The second kappa shape index (κ2) is 6.19. The molecule has 0 radical (unpaired) electrons. The molecule has 0 saturated heterocycles. The lowest BCUT2D eigenvalue weighted by atomic mass is 10.2. The maximum atomic E-state index is 11.6. The SMILES string of the molecule is O=C(N/N=C\c1ccccc1[N+](=O)[O-])c1ccccn1. The van der Waals surface area contributed by atoms with E-state index in [0.717, 1.165) is 0 Å². The first-order valence-corrected chi connectivity index (χ1v) is 5.66. The number of para-hydroxylation sites is 1. The molecule has 1 aromatic carbocycles. The quantitative estimate of drug-likeness (QED) is 0.520. The fraction of sp³-hybridized carbons (Fsp3) is 0. The Kier molecular flexibility index (Phi) is 4.13. The summed E-state index contributed by atoms with van der Waals surface area (Å²) in [6.45, 7) is 0. The van der Waals surface area contributed by atoms with Crippen LogP contribution in [0.3, 0.4) is 0 Å². The molecule has 100 valence electrons. The minimum absolute atomic E-state index is 0.0802. The zero-order valence-electron chi connectivity index (χ0n) is 10.3. The third-order valence-corrected chi connectivity index (χ3v) is 2.40. The van der Waals surface area contributed by atoms with Crippen molar-refractivity contribution in [2.45, 2.75) is 0 Å². The first-order valence-electron chi connectivity index (χ1n) is 5.66. The van der Waals surface area contributed by atoms with Crippen LogP contribution in [0.5, 0.6) is 0 Å². The number of hydrogen-bond donors (Lipinski definition) is 1. The van der Waals surface area contributed by atoms with Crippen LogP contribution in [0.1, 0.15) is 16.1 Å².